The fraction of sp³-hybridized carbons (Fsp3) is 0.200. The number of aromatic nitrogens is 2. The third-order valence-electron chi connectivity index (χ3n) is 6.15. The molecule has 0 bridgehead atoms. The molecule has 1 atom stereocenters. The number of carbonyl (C=O) groups excluding carboxylic acids is 3. The van der Waals surface area contributed by atoms with Gasteiger partial charge < -0.3 is 16.4 Å². The van der Waals surface area contributed by atoms with Crippen LogP contribution in [-0.2, 0) is 29.0 Å². The molecule has 8 nitrogen and oxygen atoms in total. The van der Waals surface area contributed by atoms with Crippen LogP contribution in [0, 0.1) is 6.92 Å². The van der Waals surface area contributed by atoms with E-state index in [-0.39, 0.29) is 12.1 Å². The lowest BCUT2D eigenvalue weighted by atomic mass is 10.0. The smallest absolute Gasteiger partial charge is 0.287 e. The zero-order chi connectivity index (χ0) is 26.9. The molecule has 0 saturated carbocycles. The molecule has 38 heavy (non-hydrogen) atoms. The van der Waals surface area contributed by atoms with E-state index in [1.54, 1.807) is 13.0 Å². The summed E-state index contributed by atoms with van der Waals surface area (Å²) in [5.41, 5.74) is 10.0. The number of hydrogen-bond acceptors (Lipinski definition) is 5. The first-order valence-corrected chi connectivity index (χ1v) is 12.5. The number of benzene rings is 3. The van der Waals surface area contributed by atoms with E-state index in [0.717, 1.165) is 30.6 Å². The van der Waals surface area contributed by atoms with Gasteiger partial charge in [0, 0.05) is 13.0 Å². The summed E-state index contributed by atoms with van der Waals surface area (Å²) < 4.78 is 1.53. The van der Waals surface area contributed by atoms with Crippen molar-refractivity contribution in [3.8, 4) is 5.69 Å². The van der Waals surface area contributed by atoms with Crippen molar-refractivity contribution in [1.82, 2.24) is 20.4 Å². The van der Waals surface area contributed by atoms with E-state index in [4.69, 9.17) is 5.73 Å². The van der Waals surface area contributed by atoms with Gasteiger partial charge in [0.05, 0.1) is 11.4 Å². The van der Waals surface area contributed by atoms with Crippen molar-refractivity contribution in [2.24, 2.45) is 5.73 Å². The third kappa shape index (κ3) is 7.02. The number of Topliss-reactive ketones (excluding diaryl/α,β-unsaturated/α-hetero) is 1. The highest BCUT2D eigenvalue weighted by Crippen LogP contribution is 2.15. The normalized spacial score (nSPS) is 11.6. The van der Waals surface area contributed by atoms with E-state index >= 15 is 0 Å². The van der Waals surface area contributed by atoms with Crippen LogP contribution in [0.2, 0.25) is 0 Å². The van der Waals surface area contributed by atoms with Crippen LogP contribution in [0.5, 0.6) is 0 Å². The molecule has 4 N–H and O–H groups in total. The van der Waals surface area contributed by atoms with E-state index in [1.165, 1.54) is 10.2 Å². The standard InChI is InChI=1S/C30H31N5O3/c1-21-18-27(30(38)33-26(28(36)29(31)37)19-23-10-6-3-7-11-23)35(34-21)25-14-12-24(13-15-25)20-32-17-16-22-8-4-2-5-9-22/h2-15,18,26,32H,16-17,19-20H2,1H3,(H2,31,37)(H,33,38). The van der Waals surface area contributed by atoms with Gasteiger partial charge in [-0.05, 0) is 54.8 Å². The van der Waals surface area contributed by atoms with Gasteiger partial charge in [-0.25, -0.2) is 4.68 Å². The fourth-order valence-electron chi connectivity index (χ4n) is 4.19. The first kappa shape index (κ1) is 26.5. The molecule has 4 rings (SSSR count). The molecule has 0 radical (unpaired) electrons. The summed E-state index contributed by atoms with van der Waals surface area (Å²) in [6.45, 7) is 3.37. The number of hydrogen-bond donors (Lipinski definition) is 3. The van der Waals surface area contributed by atoms with Crippen LogP contribution in [0.15, 0.2) is 91.0 Å². The maximum Gasteiger partial charge on any atom is 0.287 e. The lowest BCUT2D eigenvalue weighted by Crippen LogP contribution is -2.47. The predicted octanol–water partition coefficient (Wildman–Crippen LogP) is 2.91. The second kappa shape index (κ2) is 12.6. The number of nitrogens with zero attached hydrogens (tertiary/aromatic N) is 2. The van der Waals surface area contributed by atoms with Gasteiger partial charge >= 0.3 is 0 Å². The Bertz CT molecular complexity index is 1380. The minimum Gasteiger partial charge on any atom is -0.363 e. The second-order valence-electron chi connectivity index (χ2n) is 9.11. The molecule has 8 heteroatoms. The predicted molar refractivity (Wildman–Crippen MR) is 146 cm³/mol. The Balaban J connectivity index is 1.43. The number of amides is 2. The monoisotopic (exact) mass is 509 g/mol. The molecule has 1 unspecified atom stereocenters. The first-order chi connectivity index (χ1) is 18.4. The minimum atomic E-state index is -1.09. The van der Waals surface area contributed by atoms with Crippen molar-refractivity contribution in [3.63, 3.8) is 0 Å². The molecule has 1 aromatic heterocycles. The summed E-state index contributed by atoms with van der Waals surface area (Å²) in [6.07, 6.45) is 1.10. The molecule has 194 valence electrons. The van der Waals surface area contributed by atoms with E-state index in [1.807, 2.05) is 72.8 Å². The molecule has 0 fully saturated rings. The van der Waals surface area contributed by atoms with Crippen molar-refractivity contribution < 1.29 is 14.4 Å². The van der Waals surface area contributed by atoms with Gasteiger partial charge in [0.25, 0.3) is 11.8 Å². The van der Waals surface area contributed by atoms with Crippen LogP contribution in [-0.4, -0.2) is 40.0 Å². The molecule has 4 aromatic rings. The van der Waals surface area contributed by atoms with Crippen LogP contribution >= 0.6 is 0 Å². The van der Waals surface area contributed by atoms with E-state index in [2.05, 4.69) is 27.9 Å². The molecular weight excluding hydrogens is 478 g/mol. The van der Waals surface area contributed by atoms with Crippen LogP contribution in [0.4, 0.5) is 0 Å². The molecule has 0 spiro atoms. The molecule has 3 aromatic carbocycles. The van der Waals surface area contributed by atoms with Gasteiger partial charge in [-0.15, -0.1) is 0 Å². The molecule has 0 aliphatic heterocycles. The van der Waals surface area contributed by atoms with Crippen molar-refractivity contribution in [1.29, 1.82) is 0 Å². The topological polar surface area (TPSA) is 119 Å². The van der Waals surface area contributed by atoms with Crippen LogP contribution in [0.3, 0.4) is 0 Å². The van der Waals surface area contributed by atoms with E-state index in [9.17, 15) is 14.4 Å². The average molecular weight is 510 g/mol. The third-order valence-corrected chi connectivity index (χ3v) is 6.15. The SMILES string of the molecule is Cc1cc(C(=O)NC(Cc2ccccc2)C(=O)C(N)=O)n(-c2ccc(CNCCc3ccccc3)cc2)n1. The summed E-state index contributed by atoms with van der Waals surface area (Å²) in [4.78, 5) is 37.4. The molecule has 0 saturated heterocycles. The maximum absolute atomic E-state index is 13.3. The number of nitrogens with one attached hydrogen (secondary N) is 2. The summed E-state index contributed by atoms with van der Waals surface area (Å²) in [6, 6.07) is 27.8. The zero-order valence-corrected chi connectivity index (χ0v) is 21.3. The molecule has 0 aliphatic rings. The zero-order valence-electron chi connectivity index (χ0n) is 21.3. The largest absolute Gasteiger partial charge is 0.363 e. The van der Waals surface area contributed by atoms with Gasteiger partial charge in [-0.1, -0.05) is 72.8 Å². The van der Waals surface area contributed by atoms with Crippen molar-refractivity contribution in [2.45, 2.75) is 32.4 Å². The van der Waals surface area contributed by atoms with Crippen LogP contribution < -0.4 is 16.4 Å². The van der Waals surface area contributed by atoms with Crippen molar-refractivity contribution in [3.05, 3.63) is 119 Å². The maximum atomic E-state index is 13.3. The van der Waals surface area contributed by atoms with Gasteiger partial charge in [-0.2, -0.15) is 5.10 Å². The number of rotatable bonds is 12. The Morgan fingerprint density at radius 1 is 0.868 bits per heavy atom. The molecule has 0 aliphatic carbocycles. The Morgan fingerprint density at radius 2 is 1.50 bits per heavy atom. The lowest BCUT2D eigenvalue weighted by molar-refractivity contribution is -0.137. The second-order valence-corrected chi connectivity index (χ2v) is 9.11. The highest BCUT2D eigenvalue weighted by Gasteiger charge is 2.27. The minimum absolute atomic E-state index is 0.146. The Morgan fingerprint density at radius 3 is 2.13 bits per heavy atom. The number of carbonyl (C=O) groups is 3. The van der Waals surface area contributed by atoms with E-state index < -0.39 is 23.6 Å². The summed E-state index contributed by atoms with van der Waals surface area (Å²) >= 11 is 0. The average Bonchev–Trinajstić information content (AvgIpc) is 3.33. The summed E-state index contributed by atoms with van der Waals surface area (Å²) in [5.74, 6) is -2.47. The molecule has 2 amide bonds. The Kier molecular flexibility index (Phi) is 8.79. The van der Waals surface area contributed by atoms with Crippen LogP contribution in [0.25, 0.3) is 5.69 Å². The van der Waals surface area contributed by atoms with Crippen molar-refractivity contribution in [2.75, 3.05) is 6.54 Å². The number of ketones is 1. The lowest BCUT2D eigenvalue weighted by Gasteiger charge is -2.17. The fourth-order valence-corrected chi connectivity index (χ4v) is 4.19. The molecule has 1 heterocycles. The number of aryl methyl sites for hydroxylation is 1. The van der Waals surface area contributed by atoms with Gasteiger partial charge in [0.2, 0.25) is 5.78 Å². The summed E-state index contributed by atoms with van der Waals surface area (Å²) in [5, 5.41) is 10.6. The first-order valence-electron chi connectivity index (χ1n) is 12.5. The Labute approximate surface area is 221 Å². The highest BCUT2D eigenvalue weighted by molar-refractivity contribution is 6.38. The van der Waals surface area contributed by atoms with Gasteiger partial charge in [0.1, 0.15) is 11.7 Å². The number of nitrogens with two attached hydrogens (primary N) is 1. The highest BCUT2D eigenvalue weighted by atomic mass is 16.2. The van der Waals surface area contributed by atoms with Gasteiger partial charge in [0.15, 0.2) is 0 Å². The number of primary amides is 1. The van der Waals surface area contributed by atoms with Crippen LogP contribution in [0.1, 0.15) is 32.9 Å². The quantitative estimate of drug-likeness (QED) is 0.200. The summed E-state index contributed by atoms with van der Waals surface area (Å²) in [7, 11) is 0. The molecular formula is C30H31N5O3. The van der Waals surface area contributed by atoms with Crippen molar-refractivity contribution >= 4 is 17.6 Å². The van der Waals surface area contributed by atoms with E-state index in [0.29, 0.717) is 11.4 Å². The Hall–Kier alpha value is -4.56. The van der Waals surface area contributed by atoms with Gasteiger partial charge in [-0.3, -0.25) is 14.4 Å².